The minimum atomic E-state index is -0.792. The van der Waals surface area contributed by atoms with Crippen molar-refractivity contribution in [2.45, 2.75) is 19.8 Å². The lowest BCUT2D eigenvalue weighted by Gasteiger charge is -2.10. The van der Waals surface area contributed by atoms with Crippen LogP contribution in [0, 0.1) is 22.7 Å². The lowest BCUT2D eigenvalue weighted by molar-refractivity contribution is 0.103. The molecule has 0 unspecified atom stereocenters. The van der Waals surface area contributed by atoms with E-state index in [2.05, 4.69) is 9.97 Å². The van der Waals surface area contributed by atoms with Gasteiger partial charge in [-0.3, -0.25) is 14.6 Å². The van der Waals surface area contributed by atoms with Crippen LogP contribution in [0.1, 0.15) is 52.5 Å². The number of nitrogens with one attached hydrogen (secondary N) is 2. The maximum absolute atomic E-state index is 12.7. The van der Waals surface area contributed by atoms with E-state index in [0.29, 0.717) is 0 Å². The van der Waals surface area contributed by atoms with Crippen molar-refractivity contribution in [3.8, 4) is 12.1 Å². The Balaban J connectivity index is 2.72. The molecule has 0 saturated heterocycles. The molecule has 1 aromatic carbocycles. The van der Waals surface area contributed by atoms with Crippen LogP contribution in [0.5, 0.6) is 0 Å². The van der Waals surface area contributed by atoms with Crippen LogP contribution in [0.25, 0.3) is 0 Å². The predicted octanol–water partition coefficient (Wildman–Crippen LogP) is 1.16. The summed E-state index contributed by atoms with van der Waals surface area (Å²) in [4.78, 5) is 40.6. The maximum atomic E-state index is 12.7. The number of nitriles is 2. The van der Waals surface area contributed by atoms with Gasteiger partial charge in [0.15, 0.2) is 0 Å². The smallest absolute Gasteiger partial charge is 0.304 e. The number of H-pyrrole nitrogens is 2. The van der Waals surface area contributed by atoms with Crippen molar-refractivity contribution in [2.24, 2.45) is 0 Å². The normalized spacial score (nSPS) is 10.1. The number of nitrogens with zero attached hydrogens (tertiary/aromatic N) is 2. The van der Waals surface area contributed by atoms with E-state index in [4.69, 9.17) is 10.5 Å². The van der Waals surface area contributed by atoms with Crippen molar-refractivity contribution in [2.75, 3.05) is 0 Å². The summed E-state index contributed by atoms with van der Waals surface area (Å²) in [6.07, 6.45) is 0. The average Bonchev–Trinajstić information content (AvgIpc) is 2.52. The number of hydrogen-bond acceptors (Lipinski definition) is 5. The zero-order chi connectivity index (χ0) is 17.1. The summed E-state index contributed by atoms with van der Waals surface area (Å²) in [5.74, 6) is -0.922. The SMILES string of the molecule is CC(C)c1c(C(=O)c2cc(C#N)cc(C#N)c2)[nH]c(=O)[nH]c1=O. The molecule has 0 aliphatic rings. The van der Waals surface area contributed by atoms with Crippen molar-refractivity contribution in [3.63, 3.8) is 0 Å². The van der Waals surface area contributed by atoms with Crippen LogP contribution in [0.15, 0.2) is 27.8 Å². The van der Waals surface area contributed by atoms with Gasteiger partial charge < -0.3 is 4.98 Å². The highest BCUT2D eigenvalue weighted by Gasteiger charge is 2.21. The molecule has 0 radical (unpaired) electrons. The van der Waals surface area contributed by atoms with E-state index in [-0.39, 0.29) is 33.9 Å². The molecule has 0 bridgehead atoms. The topological polar surface area (TPSA) is 130 Å². The molecule has 23 heavy (non-hydrogen) atoms. The Labute approximate surface area is 130 Å². The second-order valence-corrected chi connectivity index (χ2v) is 5.20. The summed E-state index contributed by atoms with van der Waals surface area (Å²) in [7, 11) is 0. The Morgan fingerprint density at radius 1 is 1.04 bits per heavy atom. The molecule has 0 amide bonds. The van der Waals surface area contributed by atoms with Crippen LogP contribution in [0.4, 0.5) is 0 Å². The molecule has 7 nitrogen and oxygen atoms in total. The molecule has 2 rings (SSSR count). The van der Waals surface area contributed by atoms with E-state index in [9.17, 15) is 14.4 Å². The second kappa shape index (κ2) is 6.12. The van der Waals surface area contributed by atoms with Gasteiger partial charge in [0.2, 0.25) is 5.78 Å². The number of carbonyl (C=O) groups excluding carboxylic acids is 1. The number of aromatic nitrogens is 2. The van der Waals surface area contributed by atoms with Gasteiger partial charge in [-0.1, -0.05) is 13.8 Å². The van der Waals surface area contributed by atoms with Crippen molar-refractivity contribution in [3.05, 3.63) is 67.0 Å². The van der Waals surface area contributed by atoms with Crippen molar-refractivity contribution in [1.29, 1.82) is 10.5 Å². The van der Waals surface area contributed by atoms with E-state index < -0.39 is 17.0 Å². The Kier molecular flexibility index (Phi) is 4.24. The van der Waals surface area contributed by atoms with Crippen molar-refractivity contribution < 1.29 is 4.79 Å². The average molecular weight is 308 g/mol. The number of carbonyl (C=O) groups is 1. The highest BCUT2D eigenvalue weighted by molar-refractivity contribution is 6.09. The fraction of sp³-hybridized carbons (Fsp3) is 0.188. The molecule has 7 heteroatoms. The minimum Gasteiger partial charge on any atom is -0.304 e. The highest BCUT2D eigenvalue weighted by atomic mass is 16.2. The van der Waals surface area contributed by atoms with Gasteiger partial charge in [-0.25, -0.2) is 4.79 Å². The molecule has 0 spiro atoms. The number of ketones is 1. The molecular weight excluding hydrogens is 296 g/mol. The van der Waals surface area contributed by atoms with Crippen LogP contribution in [-0.4, -0.2) is 15.8 Å². The van der Waals surface area contributed by atoms with E-state index in [1.165, 1.54) is 18.2 Å². The first-order valence-electron chi connectivity index (χ1n) is 6.74. The summed E-state index contributed by atoms with van der Waals surface area (Å²) in [5, 5.41) is 18.0. The zero-order valence-corrected chi connectivity index (χ0v) is 12.4. The first kappa shape index (κ1) is 15.9. The van der Waals surface area contributed by atoms with E-state index in [1.54, 1.807) is 13.8 Å². The van der Waals surface area contributed by atoms with Crippen LogP contribution in [0.3, 0.4) is 0 Å². The number of rotatable bonds is 3. The van der Waals surface area contributed by atoms with Gasteiger partial charge in [0.1, 0.15) is 0 Å². The van der Waals surface area contributed by atoms with Gasteiger partial charge in [0, 0.05) is 11.1 Å². The molecule has 2 aromatic rings. The second-order valence-electron chi connectivity index (χ2n) is 5.20. The van der Waals surface area contributed by atoms with Gasteiger partial charge >= 0.3 is 5.69 Å². The Morgan fingerprint density at radius 3 is 2.09 bits per heavy atom. The molecular formula is C16H12N4O3. The van der Waals surface area contributed by atoms with E-state index >= 15 is 0 Å². The molecule has 2 N–H and O–H groups in total. The fourth-order valence-electron chi connectivity index (χ4n) is 2.26. The molecule has 1 aromatic heterocycles. The summed E-state index contributed by atoms with van der Waals surface area (Å²) in [6, 6.07) is 7.70. The predicted molar refractivity (Wildman–Crippen MR) is 81.1 cm³/mol. The van der Waals surface area contributed by atoms with Gasteiger partial charge in [0.25, 0.3) is 5.56 Å². The summed E-state index contributed by atoms with van der Waals surface area (Å²) in [5.41, 5.74) is -1.06. The summed E-state index contributed by atoms with van der Waals surface area (Å²) >= 11 is 0. The van der Waals surface area contributed by atoms with E-state index in [1.807, 2.05) is 12.1 Å². The molecule has 0 fully saturated rings. The fourth-order valence-corrected chi connectivity index (χ4v) is 2.26. The Morgan fingerprint density at radius 2 is 1.61 bits per heavy atom. The van der Waals surface area contributed by atoms with E-state index in [0.717, 1.165) is 0 Å². The number of aromatic amines is 2. The third kappa shape index (κ3) is 3.09. The lowest BCUT2D eigenvalue weighted by atomic mass is 9.96. The molecule has 114 valence electrons. The largest absolute Gasteiger partial charge is 0.326 e. The quantitative estimate of drug-likeness (QED) is 0.821. The third-order valence-electron chi connectivity index (χ3n) is 3.24. The van der Waals surface area contributed by atoms with Gasteiger partial charge in [-0.2, -0.15) is 10.5 Å². The standard InChI is InChI=1S/C16H12N4O3/c1-8(2)12-13(19-16(23)20-15(12)22)14(21)11-4-9(6-17)3-10(5-11)7-18/h3-5,8H,1-2H3,(H2,19,20,22,23). The Bertz CT molecular complexity index is 952. The maximum Gasteiger partial charge on any atom is 0.326 e. The van der Waals surface area contributed by atoms with Gasteiger partial charge in [-0.05, 0) is 24.1 Å². The summed E-state index contributed by atoms with van der Waals surface area (Å²) in [6.45, 7) is 3.43. The highest BCUT2D eigenvalue weighted by Crippen LogP contribution is 2.18. The monoisotopic (exact) mass is 308 g/mol. The molecule has 0 aliphatic heterocycles. The number of hydrogen-bond donors (Lipinski definition) is 2. The van der Waals surface area contributed by atoms with Crippen molar-refractivity contribution >= 4 is 5.78 Å². The molecule has 0 atom stereocenters. The van der Waals surface area contributed by atoms with Crippen LogP contribution >= 0.6 is 0 Å². The molecule has 0 saturated carbocycles. The first-order valence-corrected chi connectivity index (χ1v) is 6.74. The summed E-state index contributed by atoms with van der Waals surface area (Å²) < 4.78 is 0. The van der Waals surface area contributed by atoms with Crippen LogP contribution < -0.4 is 11.2 Å². The zero-order valence-electron chi connectivity index (χ0n) is 12.4. The third-order valence-corrected chi connectivity index (χ3v) is 3.24. The molecule has 0 aliphatic carbocycles. The van der Waals surface area contributed by atoms with Crippen molar-refractivity contribution in [1.82, 2.24) is 9.97 Å². The van der Waals surface area contributed by atoms with Gasteiger partial charge in [0.05, 0.1) is 29.0 Å². The van der Waals surface area contributed by atoms with Crippen LogP contribution in [0.2, 0.25) is 0 Å². The Hall–Kier alpha value is -3.45. The lowest BCUT2D eigenvalue weighted by Crippen LogP contribution is -2.30. The minimum absolute atomic E-state index is 0.0590. The van der Waals surface area contributed by atoms with Crippen LogP contribution in [-0.2, 0) is 0 Å². The molecule has 1 heterocycles. The van der Waals surface area contributed by atoms with Gasteiger partial charge in [-0.15, -0.1) is 0 Å². The first-order chi connectivity index (χ1) is 10.9. The number of benzene rings is 1.